The molecule has 21 heavy (non-hydrogen) atoms. The molecule has 0 spiro atoms. The van der Waals surface area contributed by atoms with E-state index < -0.39 is 0 Å². The van der Waals surface area contributed by atoms with Crippen molar-refractivity contribution >= 4 is 11.7 Å². The van der Waals surface area contributed by atoms with Gasteiger partial charge in [-0.2, -0.15) is 0 Å². The van der Waals surface area contributed by atoms with Crippen LogP contribution < -0.4 is 5.32 Å². The molecule has 0 unspecified atom stereocenters. The third-order valence-corrected chi connectivity index (χ3v) is 4.05. The van der Waals surface area contributed by atoms with Crippen molar-refractivity contribution in [3.8, 4) is 0 Å². The van der Waals surface area contributed by atoms with Gasteiger partial charge in [-0.05, 0) is 31.6 Å². The van der Waals surface area contributed by atoms with Crippen LogP contribution in [0.4, 0.5) is 0 Å². The zero-order valence-corrected chi connectivity index (χ0v) is 15.1. The van der Waals surface area contributed by atoms with Crippen LogP contribution in [-0.2, 0) is 9.59 Å². The molecule has 3 nitrogen and oxygen atoms in total. The number of amides is 1. The Hall–Kier alpha value is -0.860. The average molecular weight is 297 g/mol. The molecule has 1 rings (SSSR count). The van der Waals surface area contributed by atoms with E-state index in [2.05, 4.69) is 5.32 Å². The van der Waals surface area contributed by atoms with E-state index in [1.54, 1.807) is 0 Å². The minimum absolute atomic E-state index is 0.0545. The highest BCUT2D eigenvalue weighted by molar-refractivity contribution is 5.86. The largest absolute Gasteiger partial charge is 0.356 e. The van der Waals surface area contributed by atoms with Crippen molar-refractivity contribution < 1.29 is 9.59 Å². The molecule has 0 aromatic carbocycles. The fraction of sp³-hybridized carbons (Fsp3) is 0.889. The molecule has 0 aromatic heterocycles. The summed E-state index contributed by atoms with van der Waals surface area (Å²) in [6.45, 7) is 14.6. The maximum atomic E-state index is 12.2. The van der Waals surface area contributed by atoms with Crippen molar-refractivity contribution in [2.24, 2.45) is 23.2 Å². The number of ketones is 1. The van der Waals surface area contributed by atoms with Gasteiger partial charge in [0, 0.05) is 23.8 Å². The Bertz CT molecular complexity index is 321. The first-order chi connectivity index (χ1) is 9.71. The van der Waals surface area contributed by atoms with Gasteiger partial charge >= 0.3 is 0 Å². The van der Waals surface area contributed by atoms with E-state index in [-0.39, 0.29) is 23.2 Å². The van der Waals surface area contributed by atoms with E-state index in [0.29, 0.717) is 11.7 Å². The van der Waals surface area contributed by atoms with E-state index in [0.717, 1.165) is 32.2 Å². The molecule has 1 fully saturated rings. The first kappa shape index (κ1) is 20.1. The van der Waals surface area contributed by atoms with Crippen LogP contribution in [0.3, 0.4) is 0 Å². The Balaban J connectivity index is 0.00000191. The van der Waals surface area contributed by atoms with Crippen LogP contribution in [0.15, 0.2) is 0 Å². The lowest BCUT2D eigenvalue weighted by Crippen LogP contribution is -2.36. The Morgan fingerprint density at radius 2 is 1.52 bits per heavy atom. The Morgan fingerprint density at radius 1 is 1.05 bits per heavy atom. The fourth-order valence-corrected chi connectivity index (χ4v) is 2.69. The van der Waals surface area contributed by atoms with Crippen LogP contribution in [0.2, 0.25) is 0 Å². The third-order valence-electron chi connectivity index (χ3n) is 4.05. The molecule has 0 saturated heterocycles. The van der Waals surface area contributed by atoms with Crippen molar-refractivity contribution in [2.75, 3.05) is 6.54 Å². The first-order valence-corrected chi connectivity index (χ1v) is 8.54. The van der Waals surface area contributed by atoms with Crippen molar-refractivity contribution in [3.05, 3.63) is 0 Å². The van der Waals surface area contributed by atoms with Gasteiger partial charge in [-0.25, -0.2) is 0 Å². The number of nitrogens with one attached hydrogen (secondary N) is 1. The molecular weight excluding hydrogens is 262 g/mol. The fourth-order valence-electron chi connectivity index (χ4n) is 2.69. The molecule has 1 aliphatic rings. The summed E-state index contributed by atoms with van der Waals surface area (Å²) in [6, 6.07) is 0. The van der Waals surface area contributed by atoms with Gasteiger partial charge in [0.05, 0.1) is 0 Å². The van der Waals surface area contributed by atoms with Gasteiger partial charge in [-0.1, -0.05) is 48.5 Å². The summed E-state index contributed by atoms with van der Waals surface area (Å²) < 4.78 is 0. The molecule has 0 aliphatic heterocycles. The maximum absolute atomic E-state index is 12.2. The summed E-state index contributed by atoms with van der Waals surface area (Å²) >= 11 is 0. The Kier molecular flexibility index (Phi) is 8.84. The highest BCUT2D eigenvalue weighted by Crippen LogP contribution is 2.33. The predicted octanol–water partition coefficient (Wildman–Crippen LogP) is 4.21. The minimum atomic E-state index is -0.219. The number of hydrogen-bond acceptors (Lipinski definition) is 2. The topological polar surface area (TPSA) is 46.2 Å². The van der Waals surface area contributed by atoms with Crippen LogP contribution in [-0.4, -0.2) is 18.2 Å². The molecule has 124 valence electrons. The number of Topliss-reactive ketones (excluding diaryl/α,β-unsaturated/α-hetero) is 1. The number of carbonyl (C=O) groups is 2. The highest BCUT2D eigenvalue weighted by Gasteiger charge is 2.32. The average Bonchev–Trinajstić information content (AvgIpc) is 2.45. The minimum Gasteiger partial charge on any atom is -0.356 e. The van der Waals surface area contributed by atoms with Crippen LogP contribution in [0.5, 0.6) is 0 Å². The lowest BCUT2D eigenvalue weighted by atomic mass is 9.73. The third kappa shape index (κ3) is 7.10. The van der Waals surface area contributed by atoms with E-state index in [4.69, 9.17) is 0 Å². The van der Waals surface area contributed by atoms with Gasteiger partial charge in [0.15, 0.2) is 0 Å². The Labute approximate surface area is 131 Å². The normalized spacial score (nSPS) is 22.3. The molecule has 0 atom stereocenters. The maximum Gasteiger partial charge on any atom is 0.222 e. The molecule has 0 aromatic rings. The molecule has 1 N–H and O–H groups in total. The molecule has 0 heterocycles. The zero-order valence-electron chi connectivity index (χ0n) is 15.1. The first-order valence-electron chi connectivity index (χ1n) is 8.54. The van der Waals surface area contributed by atoms with Gasteiger partial charge in [0.25, 0.3) is 0 Å². The molecular formula is C18H35NO2. The number of carbonyl (C=O) groups excluding carboxylic acids is 2. The molecule has 1 saturated carbocycles. The number of rotatable bonds is 4. The SMILES string of the molecule is CC.CC(C)C(=O)NCC1CCC(C(=O)C(C)(C)C)CC1. The van der Waals surface area contributed by atoms with E-state index in [1.165, 1.54) is 0 Å². The van der Waals surface area contributed by atoms with Crippen molar-refractivity contribution in [3.63, 3.8) is 0 Å². The summed E-state index contributed by atoms with van der Waals surface area (Å²) in [4.78, 5) is 23.7. The van der Waals surface area contributed by atoms with E-state index in [9.17, 15) is 9.59 Å². The van der Waals surface area contributed by atoms with Gasteiger partial charge in [0.2, 0.25) is 5.91 Å². The van der Waals surface area contributed by atoms with E-state index in [1.807, 2.05) is 48.5 Å². The monoisotopic (exact) mass is 297 g/mol. The summed E-state index contributed by atoms with van der Waals surface area (Å²) in [5, 5.41) is 3.00. The second-order valence-electron chi connectivity index (χ2n) is 7.23. The van der Waals surface area contributed by atoms with Crippen LogP contribution in [0.1, 0.15) is 74.1 Å². The molecule has 1 amide bonds. The van der Waals surface area contributed by atoms with Gasteiger partial charge in [0.1, 0.15) is 5.78 Å². The summed E-state index contributed by atoms with van der Waals surface area (Å²) in [5.74, 6) is 1.37. The second-order valence-corrected chi connectivity index (χ2v) is 7.23. The molecule has 3 heteroatoms. The molecule has 0 radical (unpaired) electrons. The standard InChI is InChI=1S/C16H29NO2.C2H6/c1-11(2)15(19)17-10-12-6-8-13(9-7-12)14(18)16(3,4)5;1-2/h11-13H,6-10H2,1-5H3,(H,17,19);1-2H3. The highest BCUT2D eigenvalue weighted by atomic mass is 16.1. The van der Waals surface area contributed by atoms with Gasteiger partial charge in [-0.3, -0.25) is 9.59 Å². The smallest absolute Gasteiger partial charge is 0.222 e. The van der Waals surface area contributed by atoms with Crippen LogP contribution >= 0.6 is 0 Å². The Morgan fingerprint density at radius 3 is 1.90 bits per heavy atom. The summed E-state index contributed by atoms with van der Waals surface area (Å²) in [7, 11) is 0. The van der Waals surface area contributed by atoms with Gasteiger partial charge in [-0.15, -0.1) is 0 Å². The molecule has 1 aliphatic carbocycles. The van der Waals surface area contributed by atoms with Crippen molar-refractivity contribution in [1.29, 1.82) is 0 Å². The van der Waals surface area contributed by atoms with Gasteiger partial charge < -0.3 is 5.32 Å². The lowest BCUT2D eigenvalue weighted by Gasteiger charge is -2.31. The van der Waals surface area contributed by atoms with Crippen molar-refractivity contribution in [2.45, 2.75) is 74.1 Å². The van der Waals surface area contributed by atoms with Crippen LogP contribution in [0.25, 0.3) is 0 Å². The summed E-state index contributed by atoms with van der Waals surface area (Å²) in [6.07, 6.45) is 4.09. The lowest BCUT2D eigenvalue weighted by molar-refractivity contribution is -0.132. The second kappa shape index (κ2) is 9.22. The summed E-state index contributed by atoms with van der Waals surface area (Å²) in [5.41, 5.74) is -0.219. The van der Waals surface area contributed by atoms with Crippen molar-refractivity contribution in [1.82, 2.24) is 5.32 Å². The zero-order chi connectivity index (χ0) is 16.6. The quantitative estimate of drug-likeness (QED) is 0.845. The van der Waals surface area contributed by atoms with E-state index >= 15 is 0 Å². The predicted molar refractivity (Wildman–Crippen MR) is 89.1 cm³/mol. The number of hydrogen-bond donors (Lipinski definition) is 1. The molecule has 0 bridgehead atoms. The van der Waals surface area contributed by atoms with Crippen LogP contribution in [0, 0.1) is 23.2 Å².